The van der Waals surface area contributed by atoms with Crippen LogP contribution in [0.4, 0.5) is 5.69 Å². The van der Waals surface area contributed by atoms with E-state index in [4.69, 9.17) is 11.6 Å². The lowest BCUT2D eigenvalue weighted by atomic mass is 10.2. The average Bonchev–Trinajstić information content (AvgIpc) is 3.04. The van der Waals surface area contributed by atoms with Crippen LogP contribution in [0.2, 0.25) is 5.15 Å². The Balaban J connectivity index is 1.63. The number of sulfonamides is 1. The van der Waals surface area contributed by atoms with Crippen LogP contribution < -0.4 is 5.32 Å². The number of carbonyl (C=O) groups is 1. The summed E-state index contributed by atoms with van der Waals surface area (Å²) in [6, 6.07) is 6.23. The van der Waals surface area contributed by atoms with Crippen molar-refractivity contribution in [3.05, 3.63) is 46.8 Å². The number of benzene rings is 1. The van der Waals surface area contributed by atoms with E-state index >= 15 is 0 Å². The van der Waals surface area contributed by atoms with Gasteiger partial charge in [0, 0.05) is 50.1 Å². The highest BCUT2D eigenvalue weighted by Gasteiger charge is 2.27. The van der Waals surface area contributed by atoms with Crippen molar-refractivity contribution >= 4 is 39.3 Å². The zero-order valence-corrected chi connectivity index (χ0v) is 20.3. The standard InChI is InChI=1S/C22H30ClN5O3S/c1-4-5-12-28-22(23)20(17(2)25-28)10-11-21(29)24-18-6-8-19(9-7-18)32(30,31)27-15-13-26(3)14-16-27/h6-11H,4-5,12-16H2,1-3H3,(H,24,29)/b11-10+. The van der Waals surface area contributed by atoms with Crippen LogP contribution in [0, 0.1) is 6.92 Å². The molecule has 0 radical (unpaired) electrons. The molecule has 1 aromatic carbocycles. The van der Waals surface area contributed by atoms with Crippen LogP contribution in [-0.2, 0) is 21.4 Å². The second-order valence-corrected chi connectivity index (χ2v) is 10.2. The number of amides is 1. The fraction of sp³-hybridized carbons (Fsp3) is 0.455. The van der Waals surface area contributed by atoms with Crippen LogP contribution in [0.5, 0.6) is 0 Å². The number of hydrogen-bond donors (Lipinski definition) is 1. The van der Waals surface area contributed by atoms with E-state index in [1.165, 1.54) is 22.5 Å². The Labute approximate surface area is 194 Å². The zero-order chi connectivity index (χ0) is 23.3. The molecule has 2 aromatic rings. The van der Waals surface area contributed by atoms with Crippen LogP contribution in [0.1, 0.15) is 31.0 Å². The van der Waals surface area contributed by atoms with Crippen molar-refractivity contribution in [3.63, 3.8) is 0 Å². The topological polar surface area (TPSA) is 87.5 Å². The molecule has 1 saturated heterocycles. The second kappa shape index (κ2) is 10.6. The molecule has 1 fully saturated rings. The van der Waals surface area contributed by atoms with Crippen molar-refractivity contribution in [2.24, 2.45) is 0 Å². The van der Waals surface area contributed by atoms with Crippen LogP contribution >= 0.6 is 11.6 Å². The maximum absolute atomic E-state index is 12.8. The molecule has 1 aliphatic heterocycles. The first-order valence-corrected chi connectivity index (χ1v) is 12.5. The molecule has 1 amide bonds. The summed E-state index contributed by atoms with van der Waals surface area (Å²) in [6.45, 7) is 7.05. The van der Waals surface area contributed by atoms with Gasteiger partial charge in [-0.1, -0.05) is 24.9 Å². The van der Waals surface area contributed by atoms with Gasteiger partial charge in [0.25, 0.3) is 0 Å². The first-order chi connectivity index (χ1) is 15.2. The van der Waals surface area contributed by atoms with Gasteiger partial charge in [-0.2, -0.15) is 9.40 Å². The van der Waals surface area contributed by atoms with Gasteiger partial charge in [0.2, 0.25) is 15.9 Å². The summed E-state index contributed by atoms with van der Waals surface area (Å²) in [7, 11) is -1.56. The van der Waals surface area contributed by atoms with Gasteiger partial charge in [-0.15, -0.1) is 0 Å². The zero-order valence-electron chi connectivity index (χ0n) is 18.7. The summed E-state index contributed by atoms with van der Waals surface area (Å²) >= 11 is 6.40. The highest BCUT2D eigenvalue weighted by molar-refractivity contribution is 7.89. The maximum Gasteiger partial charge on any atom is 0.248 e. The van der Waals surface area contributed by atoms with Gasteiger partial charge in [0.15, 0.2) is 0 Å². The molecule has 0 spiro atoms. The smallest absolute Gasteiger partial charge is 0.248 e. The van der Waals surface area contributed by atoms with E-state index in [0.29, 0.717) is 42.6 Å². The molecule has 0 atom stereocenters. The van der Waals surface area contributed by atoms with Gasteiger partial charge in [-0.05, 0) is 50.7 Å². The first-order valence-electron chi connectivity index (χ1n) is 10.7. The lowest BCUT2D eigenvalue weighted by molar-refractivity contribution is -0.111. The summed E-state index contributed by atoms with van der Waals surface area (Å²) in [4.78, 5) is 14.7. The predicted octanol–water partition coefficient (Wildman–Crippen LogP) is 3.23. The van der Waals surface area contributed by atoms with Gasteiger partial charge in [-0.3, -0.25) is 9.48 Å². The number of aromatic nitrogens is 2. The molecule has 2 heterocycles. The fourth-order valence-electron chi connectivity index (χ4n) is 3.44. The third-order valence-electron chi connectivity index (χ3n) is 5.46. The van der Waals surface area contributed by atoms with Crippen molar-refractivity contribution in [1.29, 1.82) is 0 Å². The van der Waals surface area contributed by atoms with E-state index in [-0.39, 0.29) is 10.8 Å². The molecule has 1 N–H and O–H groups in total. The average molecular weight is 480 g/mol. The molecular weight excluding hydrogens is 450 g/mol. The molecule has 174 valence electrons. The number of nitrogens with one attached hydrogen (secondary N) is 1. The van der Waals surface area contributed by atoms with Crippen LogP contribution in [0.15, 0.2) is 35.2 Å². The number of anilines is 1. The number of aryl methyl sites for hydroxylation is 2. The molecule has 32 heavy (non-hydrogen) atoms. The Kier molecular flexibility index (Phi) is 8.10. The molecule has 0 unspecified atom stereocenters. The van der Waals surface area contributed by atoms with E-state index in [2.05, 4.69) is 22.2 Å². The second-order valence-electron chi connectivity index (χ2n) is 7.92. The van der Waals surface area contributed by atoms with Gasteiger partial charge in [0.05, 0.1) is 10.6 Å². The number of likely N-dealkylation sites (N-methyl/N-ethyl adjacent to an activating group) is 1. The monoisotopic (exact) mass is 479 g/mol. The summed E-state index contributed by atoms with van der Waals surface area (Å²) in [5, 5.41) is 7.68. The lowest BCUT2D eigenvalue weighted by Crippen LogP contribution is -2.46. The van der Waals surface area contributed by atoms with Gasteiger partial charge in [0.1, 0.15) is 5.15 Å². The Morgan fingerprint density at radius 3 is 2.47 bits per heavy atom. The summed E-state index contributed by atoms with van der Waals surface area (Å²) in [6.07, 6.45) is 5.06. The summed E-state index contributed by atoms with van der Waals surface area (Å²) in [5.74, 6) is -0.337. The van der Waals surface area contributed by atoms with Crippen molar-refractivity contribution in [3.8, 4) is 0 Å². The first kappa shape index (κ1) is 24.4. The summed E-state index contributed by atoms with van der Waals surface area (Å²) in [5.41, 5.74) is 1.98. The lowest BCUT2D eigenvalue weighted by Gasteiger charge is -2.31. The molecule has 0 aliphatic carbocycles. The van der Waals surface area contributed by atoms with Crippen molar-refractivity contribution in [2.45, 2.75) is 38.1 Å². The molecule has 1 aliphatic rings. The molecule has 3 rings (SSSR count). The minimum absolute atomic E-state index is 0.220. The van der Waals surface area contributed by atoms with Crippen molar-refractivity contribution in [1.82, 2.24) is 19.0 Å². The number of rotatable bonds is 8. The van der Waals surface area contributed by atoms with Gasteiger partial charge in [-0.25, -0.2) is 8.42 Å². The van der Waals surface area contributed by atoms with Crippen molar-refractivity contribution in [2.75, 3.05) is 38.5 Å². The Morgan fingerprint density at radius 1 is 1.19 bits per heavy atom. The minimum Gasteiger partial charge on any atom is -0.323 e. The van der Waals surface area contributed by atoms with E-state index in [1.54, 1.807) is 22.9 Å². The molecule has 0 saturated carbocycles. The number of nitrogens with zero attached hydrogens (tertiary/aromatic N) is 4. The number of halogens is 1. The number of unbranched alkanes of at least 4 members (excludes halogenated alkanes) is 1. The van der Waals surface area contributed by atoms with Crippen LogP contribution in [0.25, 0.3) is 6.08 Å². The molecule has 10 heteroatoms. The van der Waals surface area contributed by atoms with E-state index in [0.717, 1.165) is 25.1 Å². The third kappa shape index (κ3) is 5.78. The van der Waals surface area contributed by atoms with Gasteiger partial charge >= 0.3 is 0 Å². The van der Waals surface area contributed by atoms with E-state index in [9.17, 15) is 13.2 Å². The fourth-order valence-corrected chi connectivity index (χ4v) is 5.19. The van der Waals surface area contributed by atoms with Crippen molar-refractivity contribution < 1.29 is 13.2 Å². The maximum atomic E-state index is 12.8. The number of carbonyl (C=O) groups excluding carboxylic acids is 1. The largest absolute Gasteiger partial charge is 0.323 e. The molecular formula is C22H30ClN5O3S. The van der Waals surface area contributed by atoms with Crippen LogP contribution in [-0.4, -0.2) is 66.5 Å². The number of piperazine rings is 1. The Hall–Kier alpha value is -2.20. The van der Waals surface area contributed by atoms with Gasteiger partial charge < -0.3 is 10.2 Å². The molecule has 1 aromatic heterocycles. The molecule has 0 bridgehead atoms. The molecule has 8 nitrogen and oxygen atoms in total. The quantitative estimate of drug-likeness (QED) is 0.587. The highest BCUT2D eigenvalue weighted by Crippen LogP contribution is 2.22. The number of hydrogen-bond acceptors (Lipinski definition) is 5. The van der Waals surface area contributed by atoms with E-state index < -0.39 is 10.0 Å². The van der Waals surface area contributed by atoms with E-state index in [1.807, 2.05) is 14.0 Å². The Morgan fingerprint density at radius 2 is 1.84 bits per heavy atom. The predicted molar refractivity (Wildman–Crippen MR) is 127 cm³/mol. The SMILES string of the molecule is CCCCn1nc(C)c(/C=C/C(=O)Nc2ccc(S(=O)(=O)N3CCN(C)CC3)cc2)c1Cl. The summed E-state index contributed by atoms with van der Waals surface area (Å²) < 4.78 is 28.9. The third-order valence-corrected chi connectivity index (χ3v) is 7.77. The highest BCUT2D eigenvalue weighted by atomic mass is 35.5. The normalized spacial score (nSPS) is 16.0. The Bertz CT molecular complexity index is 1070. The van der Waals surface area contributed by atoms with Crippen LogP contribution in [0.3, 0.4) is 0 Å². The minimum atomic E-state index is -3.53.